The Hall–Kier alpha value is -1.88. The number of piperazine rings is 1. The maximum absolute atomic E-state index is 14.2. The maximum Gasteiger partial charge on any atom is 0.410 e. The van der Waals surface area contributed by atoms with Crippen LogP contribution in [0, 0.1) is 5.92 Å². The van der Waals surface area contributed by atoms with Crippen LogP contribution in [-0.2, 0) is 24.3 Å². The number of halogens is 1. The number of carbonyl (C=O) groups is 2. The molecule has 5 aliphatic rings. The zero-order valence-electron chi connectivity index (χ0n) is 22.1. The van der Waals surface area contributed by atoms with E-state index in [4.69, 9.17) is 21.1 Å². The second kappa shape index (κ2) is 9.08. The van der Waals surface area contributed by atoms with Gasteiger partial charge in [0.2, 0.25) is 15.9 Å². The molecule has 0 N–H and O–H groups in total. The van der Waals surface area contributed by atoms with Gasteiger partial charge in [0, 0.05) is 37.1 Å². The van der Waals surface area contributed by atoms with Crippen LogP contribution in [-0.4, -0.2) is 89.6 Å². The third-order valence-corrected chi connectivity index (χ3v) is 11.3. The molecule has 38 heavy (non-hydrogen) atoms. The average Bonchev–Trinajstić information content (AvgIpc) is 3.78. The van der Waals surface area contributed by atoms with Crippen LogP contribution in [0.4, 0.5) is 4.79 Å². The van der Waals surface area contributed by atoms with Gasteiger partial charge in [0.15, 0.2) is 0 Å². The molecule has 9 nitrogen and oxygen atoms in total. The zero-order valence-corrected chi connectivity index (χ0v) is 23.7. The van der Waals surface area contributed by atoms with Gasteiger partial charge in [-0.15, -0.1) is 0 Å². The number of sulfonamides is 1. The number of morpholine rings is 1. The highest BCUT2D eigenvalue weighted by Crippen LogP contribution is 2.53. The quantitative estimate of drug-likeness (QED) is 0.541. The topological polar surface area (TPSA) is 96.5 Å². The minimum absolute atomic E-state index is 0.00814. The monoisotopic (exact) mass is 565 g/mol. The predicted molar refractivity (Wildman–Crippen MR) is 140 cm³/mol. The Balaban J connectivity index is 1.29. The molecule has 0 spiro atoms. The van der Waals surface area contributed by atoms with Crippen molar-refractivity contribution in [3.8, 4) is 0 Å². The van der Waals surface area contributed by atoms with Gasteiger partial charge in [-0.2, -0.15) is 4.31 Å². The molecule has 208 valence electrons. The van der Waals surface area contributed by atoms with Gasteiger partial charge in [-0.1, -0.05) is 11.6 Å². The fourth-order valence-electron chi connectivity index (χ4n) is 7.00. The number of benzene rings is 1. The Morgan fingerprint density at radius 2 is 1.63 bits per heavy atom. The van der Waals surface area contributed by atoms with Crippen molar-refractivity contribution in [2.24, 2.45) is 5.92 Å². The van der Waals surface area contributed by atoms with Crippen LogP contribution in [0.5, 0.6) is 0 Å². The van der Waals surface area contributed by atoms with E-state index in [-0.39, 0.29) is 41.5 Å². The van der Waals surface area contributed by atoms with Gasteiger partial charge < -0.3 is 19.3 Å². The molecular formula is C27H36ClN3O6S. The second-order valence-corrected chi connectivity index (χ2v) is 14.4. The van der Waals surface area contributed by atoms with Crippen LogP contribution in [0.2, 0.25) is 5.02 Å². The van der Waals surface area contributed by atoms with E-state index in [0.717, 1.165) is 25.7 Å². The summed E-state index contributed by atoms with van der Waals surface area (Å²) in [6.45, 7) is 6.51. The van der Waals surface area contributed by atoms with Gasteiger partial charge >= 0.3 is 6.09 Å². The van der Waals surface area contributed by atoms with Crippen molar-refractivity contribution in [2.45, 2.75) is 99.6 Å². The number of likely N-dealkylation sites (tertiary alicyclic amines) is 1. The summed E-state index contributed by atoms with van der Waals surface area (Å²) in [6.07, 6.45) is 4.36. The molecule has 2 bridgehead atoms. The maximum atomic E-state index is 14.2. The first kappa shape index (κ1) is 26.3. The summed E-state index contributed by atoms with van der Waals surface area (Å²) in [4.78, 5) is 29.4. The minimum Gasteiger partial charge on any atom is -0.441 e. The Morgan fingerprint density at radius 3 is 2.16 bits per heavy atom. The Labute approximate surface area is 229 Å². The number of carbonyl (C=O) groups excluding carboxylic acids is 2. The highest BCUT2D eigenvalue weighted by Gasteiger charge is 2.65. The lowest BCUT2D eigenvalue weighted by molar-refractivity contribution is -0.158. The van der Waals surface area contributed by atoms with Crippen molar-refractivity contribution in [3.05, 3.63) is 29.3 Å². The summed E-state index contributed by atoms with van der Waals surface area (Å²) in [5, 5.41) is 0.466. The van der Waals surface area contributed by atoms with Gasteiger partial charge in [-0.3, -0.25) is 4.79 Å². The molecule has 3 heterocycles. The van der Waals surface area contributed by atoms with Crippen molar-refractivity contribution in [2.75, 3.05) is 19.7 Å². The molecule has 3 aliphatic heterocycles. The fourth-order valence-corrected chi connectivity index (χ4v) is 9.16. The van der Waals surface area contributed by atoms with Crippen LogP contribution in [0.15, 0.2) is 29.2 Å². The third-order valence-electron chi connectivity index (χ3n) is 9.11. The van der Waals surface area contributed by atoms with Crippen LogP contribution in [0.1, 0.15) is 59.3 Å². The van der Waals surface area contributed by atoms with Gasteiger partial charge in [-0.25, -0.2) is 13.2 Å². The van der Waals surface area contributed by atoms with Crippen molar-refractivity contribution in [1.29, 1.82) is 0 Å². The summed E-state index contributed by atoms with van der Waals surface area (Å²) in [6, 6.07) is 5.27. The number of nitrogens with zero attached hydrogens (tertiary/aromatic N) is 3. The number of fused-ring (bicyclic) bond motifs is 2. The number of rotatable bonds is 5. The number of hydrogen-bond donors (Lipinski definition) is 0. The van der Waals surface area contributed by atoms with Crippen molar-refractivity contribution in [3.63, 3.8) is 0 Å². The van der Waals surface area contributed by atoms with E-state index < -0.39 is 33.4 Å². The molecule has 5 fully saturated rings. The summed E-state index contributed by atoms with van der Waals surface area (Å²) < 4.78 is 42.6. The summed E-state index contributed by atoms with van der Waals surface area (Å²) >= 11 is 6.06. The fraction of sp³-hybridized carbons (Fsp3) is 0.704. The summed E-state index contributed by atoms with van der Waals surface area (Å²) in [5.74, 6) is 0.233. The van der Waals surface area contributed by atoms with Crippen LogP contribution in [0.3, 0.4) is 0 Å². The highest BCUT2D eigenvalue weighted by molar-refractivity contribution is 7.89. The van der Waals surface area contributed by atoms with E-state index in [2.05, 4.69) is 0 Å². The predicted octanol–water partition coefficient (Wildman–Crippen LogP) is 3.65. The molecule has 2 unspecified atom stereocenters. The Bertz CT molecular complexity index is 1220. The van der Waals surface area contributed by atoms with E-state index in [1.807, 2.05) is 18.7 Å². The lowest BCUT2D eigenvalue weighted by atomic mass is 9.90. The first-order valence-electron chi connectivity index (χ1n) is 13.6. The number of hydrogen-bond acceptors (Lipinski definition) is 6. The van der Waals surface area contributed by atoms with E-state index in [1.54, 1.807) is 28.3 Å². The van der Waals surface area contributed by atoms with Crippen molar-refractivity contribution >= 4 is 33.6 Å². The molecule has 2 saturated carbocycles. The molecule has 0 radical (unpaired) electrons. The van der Waals surface area contributed by atoms with Gasteiger partial charge in [0.05, 0.1) is 29.2 Å². The van der Waals surface area contributed by atoms with E-state index >= 15 is 0 Å². The smallest absolute Gasteiger partial charge is 0.410 e. The number of ether oxygens (including phenoxy) is 2. The average molecular weight is 566 g/mol. The first-order valence-corrected chi connectivity index (χ1v) is 15.4. The SMILES string of the molecule is CC(=O)N1C2CCC1CN(C(=O)OC1([C@H]3COC(C)(C)[C@@H](C4CC4)N3S(=O)(=O)c3ccc(Cl)cc3)CC1)C2. The molecule has 11 heteroatoms. The largest absolute Gasteiger partial charge is 0.441 e. The normalized spacial score (nSPS) is 32.2. The second-order valence-electron chi connectivity index (χ2n) is 12.2. The van der Waals surface area contributed by atoms with Gasteiger partial charge in [0.25, 0.3) is 0 Å². The molecule has 2 amide bonds. The zero-order chi connectivity index (χ0) is 27.0. The molecule has 3 saturated heterocycles. The standard InChI is InChI=1S/C27H36ClN3O6S/c1-17(32)30-20-8-9-21(30)15-29(14-20)25(33)37-27(12-13-27)23-16-36-26(2,3)24(18-4-5-18)31(23)38(34,35)22-10-6-19(28)7-11-22/h6-7,10-11,18,20-21,23-24H,4-5,8-9,12-16H2,1-3H3/t20?,21?,23-,24-/m1/s1. The van der Waals surface area contributed by atoms with Gasteiger partial charge in [-0.05, 0) is 82.6 Å². The third kappa shape index (κ3) is 4.41. The minimum atomic E-state index is -3.94. The molecule has 4 atom stereocenters. The van der Waals surface area contributed by atoms with E-state index in [9.17, 15) is 18.0 Å². The molecule has 2 aliphatic carbocycles. The summed E-state index contributed by atoms with van der Waals surface area (Å²) in [5.41, 5.74) is -1.61. The molecular weight excluding hydrogens is 530 g/mol. The highest BCUT2D eigenvalue weighted by atomic mass is 35.5. The number of amides is 2. The van der Waals surface area contributed by atoms with Crippen molar-refractivity contribution in [1.82, 2.24) is 14.1 Å². The van der Waals surface area contributed by atoms with Crippen LogP contribution in [0.25, 0.3) is 0 Å². The molecule has 0 aromatic heterocycles. The first-order chi connectivity index (χ1) is 17.9. The van der Waals surface area contributed by atoms with Gasteiger partial charge in [0.1, 0.15) is 5.60 Å². The lowest BCUT2D eigenvalue weighted by Gasteiger charge is -2.51. The lowest BCUT2D eigenvalue weighted by Crippen LogP contribution is -2.67. The van der Waals surface area contributed by atoms with E-state index in [1.165, 1.54) is 12.1 Å². The van der Waals surface area contributed by atoms with Crippen molar-refractivity contribution < 1.29 is 27.5 Å². The summed E-state index contributed by atoms with van der Waals surface area (Å²) in [7, 11) is -3.94. The molecule has 6 rings (SSSR count). The molecule has 1 aromatic carbocycles. The Kier molecular flexibility index (Phi) is 6.29. The van der Waals surface area contributed by atoms with Crippen LogP contribution < -0.4 is 0 Å². The van der Waals surface area contributed by atoms with E-state index in [0.29, 0.717) is 31.0 Å². The molecule has 1 aromatic rings. The Morgan fingerprint density at radius 1 is 1.03 bits per heavy atom. The van der Waals surface area contributed by atoms with Crippen LogP contribution >= 0.6 is 11.6 Å².